The summed E-state index contributed by atoms with van der Waals surface area (Å²) >= 11 is 1.79. The van der Waals surface area contributed by atoms with Gasteiger partial charge in [-0.15, -0.1) is 11.3 Å². The molecule has 33 heavy (non-hydrogen) atoms. The van der Waals surface area contributed by atoms with E-state index in [9.17, 15) is 13.6 Å². The summed E-state index contributed by atoms with van der Waals surface area (Å²) in [5.74, 6) is -2.65. The van der Waals surface area contributed by atoms with Gasteiger partial charge in [-0.3, -0.25) is 9.48 Å². The van der Waals surface area contributed by atoms with Gasteiger partial charge in [0.05, 0.1) is 6.54 Å². The summed E-state index contributed by atoms with van der Waals surface area (Å²) in [6.07, 6.45) is 5.48. The van der Waals surface area contributed by atoms with Gasteiger partial charge in [-0.1, -0.05) is 30.8 Å². The van der Waals surface area contributed by atoms with Gasteiger partial charge < -0.3 is 4.90 Å². The zero-order valence-electron chi connectivity index (χ0n) is 18.9. The van der Waals surface area contributed by atoms with E-state index < -0.39 is 5.92 Å². The second-order valence-corrected chi connectivity index (χ2v) is 10.2. The number of aromatic nitrogens is 2. The second-order valence-electron chi connectivity index (χ2n) is 9.00. The van der Waals surface area contributed by atoms with Crippen LogP contribution in [-0.2, 0) is 23.8 Å². The Labute approximate surface area is 196 Å². The van der Waals surface area contributed by atoms with Crippen molar-refractivity contribution in [3.8, 4) is 11.1 Å². The summed E-state index contributed by atoms with van der Waals surface area (Å²) < 4.78 is 30.6. The van der Waals surface area contributed by atoms with Crippen molar-refractivity contribution in [1.29, 1.82) is 0 Å². The van der Waals surface area contributed by atoms with Crippen LogP contribution in [0, 0.1) is 0 Å². The molecule has 1 aromatic carbocycles. The molecular formula is C26H27F2N3OS. The maximum absolute atomic E-state index is 14.5. The quantitative estimate of drug-likeness (QED) is 0.400. The number of alkyl halides is 2. The molecule has 4 nitrogen and oxygen atoms in total. The lowest BCUT2D eigenvalue weighted by Gasteiger charge is -2.33. The molecule has 1 saturated carbocycles. The molecule has 1 aliphatic carbocycles. The maximum atomic E-state index is 14.5. The molecule has 0 saturated heterocycles. The summed E-state index contributed by atoms with van der Waals surface area (Å²) in [7, 11) is 0. The van der Waals surface area contributed by atoms with Gasteiger partial charge in [-0.25, -0.2) is 0 Å². The monoisotopic (exact) mass is 467 g/mol. The first kappa shape index (κ1) is 22.0. The van der Waals surface area contributed by atoms with E-state index in [2.05, 4.69) is 17.7 Å². The van der Waals surface area contributed by atoms with Crippen LogP contribution in [0.25, 0.3) is 11.1 Å². The number of halogens is 2. The van der Waals surface area contributed by atoms with Crippen LogP contribution in [0.1, 0.15) is 65.1 Å². The molecule has 1 aliphatic heterocycles. The molecule has 5 rings (SSSR count). The number of fused-ring (bicyclic) bond motifs is 1. The molecule has 1 unspecified atom stereocenters. The Hall–Kier alpha value is -2.80. The number of benzene rings is 1. The van der Waals surface area contributed by atoms with Crippen LogP contribution in [0.3, 0.4) is 0 Å². The highest BCUT2D eigenvalue weighted by molar-refractivity contribution is 7.12. The van der Waals surface area contributed by atoms with Crippen LogP contribution in [-0.4, -0.2) is 27.1 Å². The first-order valence-electron chi connectivity index (χ1n) is 11.4. The summed E-state index contributed by atoms with van der Waals surface area (Å²) in [6.45, 7) is 8.02. The maximum Gasteiger partial charge on any atom is 0.289 e. The van der Waals surface area contributed by atoms with E-state index in [0.717, 1.165) is 18.1 Å². The highest BCUT2D eigenvalue weighted by Crippen LogP contribution is 2.49. The van der Waals surface area contributed by atoms with Gasteiger partial charge in [0.2, 0.25) is 5.91 Å². The summed E-state index contributed by atoms with van der Waals surface area (Å²) in [4.78, 5) is 17.0. The number of rotatable bonds is 6. The number of aryl methyl sites for hydroxylation is 1. The van der Waals surface area contributed by atoms with Crippen LogP contribution < -0.4 is 0 Å². The van der Waals surface area contributed by atoms with Crippen molar-refractivity contribution in [2.75, 3.05) is 6.54 Å². The Morgan fingerprint density at radius 2 is 2.03 bits per heavy atom. The molecule has 3 heterocycles. The van der Waals surface area contributed by atoms with E-state index >= 15 is 0 Å². The largest absolute Gasteiger partial charge is 0.333 e. The molecular weight excluding hydrogens is 440 g/mol. The molecule has 2 aromatic heterocycles. The van der Waals surface area contributed by atoms with Crippen molar-refractivity contribution in [2.45, 2.75) is 57.5 Å². The van der Waals surface area contributed by atoms with Gasteiger partial charge in [0.15, 0.2) is 0 Å². The topological polar surface area (TPSA) is 38.1 Å². The zero-order chi connectivity index (χ0) is 23.3. The van der Waals surface area contributed by atoms with Crippen molar-refractivity contribution in [3.05, 3.63) is 75.8 Å². The molecule has 2 aliphatic rings. The van der Waals surface area contributed by atoms with Crippen LogP contribution in [0.4, 0.5) is 8.78 Å². The van der Waals surface area contributed by atoms with Crippen molar-refractivity contribution < 1.29 is 13.6 Å². The minimum absolute atomic E-state index is 0.0964. The van der Waals surface area contributed by atoms with Crippen LogP contribution in [0.2, 0.25) is 0 Å². The van der Waals surface area contributed by atoms with Gasteiger partial charge in [0.25, 0.3) is 5.92 Å². The molecule has 1 amide bonds. The standard InChI is InChI=1S/C26H27F2N3OS/c1-4-24(32)30-13-20(19-12-22(16-10-11-16)33-23(19)15-30)17-8-6-7-9-18(17)21-14-31(5-2)29-25(21)26(3,27)28/h4,6-9,12,14,16,20H,1,5,10-11,13,15H2,2-3H3. The average molecular weight is 468 g/mol. The Balaban J connectivity index is 1.66. The minimum atomic E-state index is -3.06. The van der Waals surface area contributed by atoms with Crippen molar-refractivity contribution in [1.82, 2.24) is 14.7 Å². The van der Waals surface area contributed by atoms with Gasteiger partial charge in [0.1, 0.15) is 5.69 Å². The molecule has 1 atom stereocenters. The lowest BCUT2D eigenvalue weighted by atomic mass is 9.83. The van der Waals surface area contributed by atoms with Crippen LogP contribution in [0.5, 0.6) is 0 Å². The highest BCUT2D eigenvalue weighted by atomic mass is 32.1. The third-order valence-electron chi connectivity index (χ3n) is 6.57. The number of thiophene rings is 1. The lowest BCUT2D eigenvalue weighted by Crippen LogP contribution is -2.37. The smallest absolute Gasteiger partial charge is 0.289 e. The van der Waals surface area contributed by atoms with E-state index in [-0.39, 0.29) is 17.5 Å². The first-order valence-corrected chi connectivity index (χ1v) is 12.2. The summed E-state index contributed by atoms with van der Waals surface area (Å²) in [5, 5.41) is 4.19. The van der Waals surface area contributed by atoms with E-state index in [1.54, 1.807) is 22.2 Å². The molecule has 0 bridgehead atoms. The minimum Gasteiger partial charge on any atom is -0.333 e. The van der Waals surface area contributed by atoms with E-state index in [1.807, 2.05) is 36.1 Å². The van der Waals surface area contributed by atoms with Crippen LogP contribution in [0.15, 0.2) is 49.2 Å². The Kier molecular flexibility index (Phi) is 5.47. The fourth-order valence-corrected chi connectivity index (χ4v) is 6.13. The molecule has 0 radical (unpaired) electrons. The molecule has 0 spiro atoms. The number of carbonyl (C=O) groups is 1. The average Bonchev–Trinajstić information content (AvgIpc) is 3.40. The first-order chi connectivity index (χ1) is 15.8. The molecule has 7 heteroatoms. The molecule has 1 fully saturated rings. The van der Waals surface area contributed by atoms with Gasteiger partial charge in [-0.05, 0) is 54.5 Å². The summed E-state index contributed by atoms with van der Waals surface area (Å²) in [6, 6.07) is 10.00. The number of nitrogens with zero attached hydrogens (tertiary/aromatic N) is 3. The molecule has 172 valence electrons. The van der Waals surface area contributed by atoms with Crippen molar-refractivity contribution in [3.63, 3.8) is 0 Å². The van der Waals surface area contributed by atoms with Crippen molar-refractivity contribution in [2.24, 2.45) is 0 Å². The van der Waals surface area contributed by atoms with E-state index in [4.69, 9.17) is 0 Å². The Bertz CT molecular complexity index is 1220. The molecule has 3 aromatic rings. The fourth-order valence-electron chi connectivity index (χ4n) is 4.72. The van der Waals surface area contributed by atoms with Crippen molar-refractivity contribution >= 4 is 17.2 Å². The normalized spacial score (nSPS) is 18.3. The number of hydrogen-bond acceptors (Lipinski definition) is 3. The third kappa shape index (κ3) is 4.03. The second kappa shape index (κ2) is 8.20. The van der Waals surface area contributed by atoms with Crippen LogP contribution >= 0.6 is 11.3 Å². The van der Waals surface area contributed by atoms with Gasteiger partial charge in [-0.2, -0.15) is 13.9 Å². The summed E-state index contributed by atoms with van der Waals surface area (Å²) in [5.41, 5.74) is 3.15. The Morgan fingerprint density at radius 3 is 2.70 bits per heavy atom. The molecule has 0 N–H and O–H groups in total. The number of amides is 1. The van der Waals surface area contributed by atoms with Gasteiger partial charge in [0, 0.05) is 47.4 Å². The SMILES string of the molecule is C=CC(=O)N1Cc2sc(C3CC3)cc2C(c2ccccc2-c2cn(CC)nc2C(C)(F)F)C1. The van der Waals surface area contributed by atoms with Gasteiger partial charge >= 0.3 is 0 Å². The highest BCUT2D eigenvalue weighted by Gasteiger charge is 2.37. The van der Waals surface area contributed by atoms with E-state index in [1.165, 1.54) is 34.2 Å². The number of carbonyl (C=O) groups excluding carboxylic acids is 1. The van der Waals surface area contributed by atoms with E-state index in [0.29, 0.717) is 31.1 Å². The fraction of sp³-hybridized carbons (Fsp3) is 0.385. The number of hydrogen-bond donors (Lipinski definition) is 0. The third-order valence-corrected chi connectivity index (χ3v) is 7.87. The predicted molar refractivity (Wildman–Crippen MR) is 127 cm³/mol. The Morgan fingerprint density at radius 1 is 1.27 bits per heavy atom. The predicted octanol–water partition coefficient (Wildman–Crippen LogP) is 6.28. The zero-order valence-corrected chi connectivity index (χ0v) is 19.7. The lowest BCUT2D eigenvalue weighted by molar-refractivity contribution is -0.127.